The van der Waals surface area contributed by atoms with Crippen molar-refractivity contribution < 1.29 is 13.9 Å². The highest BCUT2D eigenvalue weighted by Gasteiger charge is 2.34. The number of hydrazine groups is 1. The Morgan fingerprint density at radius 3 is 2.78 bits per heavy atom. The van der Waals surface area contributed by atoms with Gasteiger partial charge in [0.2, 0.25) is 0 Å². The Hall–Kier alpha value is -2.71. The Kier molecular flexibility index (Phi) is 4.91. The van der Waals surface area contributed by atoms with Crippen LogP contribution in [0.4, 0.5) is 15.9 Å². The summed E-state index contributed by atoms with van der Waals surface area (Å²) in [6.07, 6.45) is 2.44. The summed E-state index contributed by atoms with van der Waals surface area (Å²) < 4.78 is 19.0. The maximum atomic E-state index is 13.8. The van der Waals surface area contributed by atoms with Gasteiger partial charge in [-0.05, 0) is 30.2 Å². The van der Waals surface area contributed by atoms with Crippen LogP contribution in [0.15, 0.2) is 36.5 Å². The minimum atomic E-state index is -0.460. The second-order valence-corrected chi connectivity index (χ2v) is 6.70. The smallest absolute Gasteiger partial charge is 0.250 e. The lowest BCUT2D eigenvalue weighted by molar-refractivity contribution is -0.117. The van der Waals surface area contributed by atoms with Crippen molar-refractivity contribution in [1.82, 2.24) is 15.8 Å². The van der Waals surface area contributed by atoms with E-state index < -0.39 is 11.9 Å². The first-order valence-electron chi connectivity index (χ1n) is 8.99. The third-order valence-electron chi connectivity index (χ3n) is 5.05. The van der Waals surface area contributed by atoms with E-state index in [0.29, 0.717) is 30.4 Å². The lowest BCUT2D eigenvalue weighted by atomic mass is 10.0. The van der Waals surface area contributed by atoms with Gasteiger partial charge in [-0.15, -0.1) is 0 Å². The van der Waals surface area contributed by atoms with Crippen molar-refractivity contribution in [2.45, 2.75) is 18.4 Å². The predicted molar refractivity (Wildman–Crippen MR) is 100 cm³/mol. The topological polar surface area (TPSA) is 78.5 Å². The van der Waals surface area contributed by atoms with Crippen molar-refractivity contribution in [3.8, 4) is 5.75 Å². The molecule has 2 fully saturated rings. The molecule has 0 radical (unpaired) electrons. The summed E-state index contributed by atoms with van der Waals surface area (Å²) >= 11 is 0. The monoisotopic (exact) mass is 371 g/mol. The largest absolute Gasteiger partial charge is 0.492 e. The van der Waals surface area contributed by atoms with Crippen LogP contribution in [0.2, 0.25) is 0 Å². The number of anilines is 2. The summed E-state index contributed by atoms with van der Waals surface area (Å²) in [6, 6.07) is 8.08. The van der Waals surface area contributed by atoms with Crippen LogP contribution in [-0.4, -0.2) is 43.7 Å². The third-order valence-corrected chi connectivity index (χ3v) is 5.05. The highest BCUT2D eigenvalue weighted by atomic mass is 19.1. The van der Waals surface area contributed by atoms with Gasteiger partial charge in [0.25, 0.3) is 5.91 Å². The number of hydrogen-bond acceptors (Lipinski definition) is 6. The molecule has 0 saturated carbocycles. The van der Waals surface area contributed by atoms with Gasteiger partial charge in [-0.25, -0.2) is 9.37 Å². The number of benzene rings is 1. The summed E-state index contributed by atoms with van der Waals surface area (Å²) in [5, 5.41) is 3.11. The lowest BCUT2D eigenvalue weighted by Gasteiger charge is -2.18. The Balaban J connectivity index is 1.46. The first kappa shape index (κ1) is 17.7. The van der Waals surface area contributed by atoms with E-state index in [1.54, 1.807) is 17.0 Å². The van der Waals surface area contributed by atoms with Crippen LogP contribution < -0.4 is 25.8 Å². The number of ether oxygens (including phenoxy) is 1. The van der Waals surface area contributed by atoms with Gasteiger partial charge in [0.1, 0.15) is 11.9 Å². The molecular formula is C19H22FN5O2. The number of methoxy groups -OCH3 is 1. The van der Waals surface area contributed by atoms with E-state index in [4.69, 9.17) is 4.74 Å². The SMILES string of the molecule is COc1c(F)cccc1N[C@@H]1CCN(c2ccc(C3CNNC3)cn2)C1=O. The maximum Gasteiger partial charge on any atom is 0.250 e. The molecular weight excluding hydrogens is 349 g/mol. The lowest BCUT2D eigenvalue weighted by Crippen LogP contribution is -2.34. The van der Waals surface area contributed by atoms with E-state index in [1.807, 2.05) is 18.3 Å². The summed E-state index contributed by atoms with van der Waals surface area (Å²) in [7, 11) is 1.41. The molecule has 3 heterocycles. The molecule has 8 heteroatoms. The number of hydrogen-bond donors (Lipinski definition) is 3. The fourth-order valence-electron chi connectivity index (χ4n) is 3.56. The number of para-hydroxylation sites is 1. The Morgan fingerprint density at radius 2 is 2.07 bits per heavy atom. The first-order valence-corrected chi connectivity index (χ1v) is 8.99. The average molecular weight is 371 g/mol. The molecule has 142 valence electrons. The molecule has 7 nitrogen and oxygen atoms in total. The second-order valence-electron chi connectivity index (χ2n) is 6.70. The van der Waals surface area contributed by atoms with Gasteiger partial charge in [-0.2, -0.15) is 0 Å². The normalized spacial score (nSPS) is 20.3. The molecule has 2 aliphatic rings. The number of pyridine rings is 1. The minimum absolute atomic E-state index is 0.0780. The fraction of sp³-hybridized carbons (Fsp3) is 0.368. The Bertz CT molecular complexity index is 823. The molecule has 1 atom stereocenters. The van der Waals surface area contributed by atoms with Gasteiger partial charge >= 0.3 is 0 Å². The standard InChI is InChI=1S/C19H22FN5O2/c1-27-18-14(20)3-2-4-15(18)24-16-7-8-25(19(16)26)17-6-5-12(9-21-17)13-10-22-23-11-13/h2-6,9,13,16,22-24H,7-8,10-11H2,1H3/t16-/m1/s1. The van der Waals surface area contributed by atoms with E-state index in [9.17, 15) is 9.18 Å². The number of carbonyl (C=O) groups excluding carboxylic acids is 1. The molecule has 2 aromatic rings. The van der Waals surface area contributed by atoms with Crippen molar-refractivity contribution >= 4 is 17.4 Å². The molecule has 2 saturated heterocycles. The van der Waals surface area contributed by atoms with Gasteiger partial charge in [0.05, 0.1) is 12.8 Å². The molecule has 1 aromatic heterocycles. The Labute approximate surface area is 156 Å². The summed E-state index contributed by atoms with van der Waals surface area (Å²) in [4.78, 5) is 19.0. The van der Waals surface area contributed by atoms with Crippen molar-refractivity contribution in [3.05, 3.63) is 47.9 Å². The highest BCUT2D eigenvalue weighted by molar-refractivity contribution is 6.00. The molecule has 2 aliphatic heterocycles. The summed E-state index contributed by atoms with van der Waals surface area (Å²) in [6.45, 7) is 2.29. The van der Waals surface area contributed by atoms with E-state index in [0.717, 1.165) is 18.7 Å². The summed E-state index contributed by atoms with van der Waals surface area (Å²) in [5.74, 6) is 0.600. The van der Waals surface area contributed by atoms with Crippen LogP contribution in [0, 0.1) is 5.82 Å². The van der Waals surface area contributed by atoms with Crippen molar-refractivity contribution in [2.75, 3.05) is 37.0 Å². The van der Waals surface area contributed by atoms with Crippen LogP contribution in [0.1, 0.15) is 17.9 Å². The fourth-order valence-corrected chi connectivity index (χ4v) is 3.56. The summed E-state index contributed by atoms with van der Waals surface area (Å²) in [5.41, 5.74) is 7.82. The zero-order valence-corrected chi connectivity index (χ0v) is 15.0. The van der Waals surface area contributed by atoms with Gasteiger partial charge in [0.15, 0.2) is 11.6 Å². The van der Waals surface area contributed by atoms with E-state index in [2.05, 4.69) is 21.2 Å². The molecule has 3 N–H and O–H groups in total. The number of aromatic nitrogens is 1. The van der Waals surface area contributed by atoms with E-state index in [-0.39, 0.29) is 11.7 Å². The number of rotatable bonds is 5. The van der Waals surface area contributed by atoms with Gasteiger partial charge in [0, 0.05) is 31.7 Å². The number of halogens is 1. The van der Waals surface area contributed by atoms with Crippen molar-refractivity contribution in [1.29, 1.82) is 0 Å². The van der Waals surface area contributed by atoms with Crippen LogP contribution in [0.5, 0.6) is 5.75 Å². The number of nitrogens with zero attached hydrogens (tertiary/aromatic N) is 2. The van der Waals surface area contributed by atoms with Crippen molar-refractivity contribution in [2.24, 2.45) is 0 Å². The molecule has 4 rings (SSSR count). The van der Waals surface area contributed by atoms with Crippen LogP contribution >= 0.6 is 0 Å². The minimum Gasteiger partial charge on any atom is -0.492 e. The maximum absolute atomic E-state index is 13.8. The van der Waals surface area contributed by atoms with Crippen LogP contribution in [-0.2, 0) is 4.79 Å². The average Bonchev–Trinajstić information content (AvgIpc) is 3.33. The molecule has 0 aliphatic carbocycles. The van der Waals surface area contributed by atoms with E-state index in [1.165, 1.54) is 13.2 Å². The molecule has 1 amide bonds. The molecule has 27 heavy (non-hydrogen) atoms. The van der Waals surface area contributed by atoms with E-state index >= 15 is 0 Å². The molecule has 0 bridgehead atoms. The first-order chi connectivity index (χ1) is 13.2. The molecule has 0 spiro atoms. The van der Waals surface area contributed by atoms with Crippen LogP contribution in [0.25, 0.3) is 0 Å². The second kappa shape index (κ2) is 7.50. The van der Waals surface area contributed by atoms with Crippen molar-refractivity contribution in [3.63, 3.8) is 0 Å². The zero-order chi connectivity index (χ0) is 18.8. The van der Waals surface area contributed by atoms with Gasteiger partial charge in [-0.3, -0.25) is 20.5 Å². The number of carbonyl (C=O) groups is 1. The Morgan fingerprint density at radius 1 is 1.26 bits per heavy atom. The quantitative estimate of drug-likeness (QED) is 0.742. The molecule has 1 aromatic carbocycles. The predicted octanol–water partition coefficient (Wildman–Crippen LogP) is 1.64. The van der Waals surface area contributed by atoms with Gasteiger partial charge < -0.3 is 10.1 Å². The number of nitrogens with one attached hydrogen (secondary N) is 3. The van der Waals surface area contributed by atoms with Crippen LogP contribution in [0.3, 0.4) is 0 Å². The zero-order valence-electron chi connectivity index (χ0n) is 15.0. The number of amides is 1. The third kappa shape index (κ3) is 3.45. The van der Waals surface area contributed by atoms with Gasteiger partial charge in [-0.1, -0.05) is 12.1 Å². The highest BCUT2D eigenvalue weighted by Crippen LogP contribution is 2.30. The molecule has 0 unspecified atom stereocenters.